The van der Waals surface area contributed by atoms with Crippen LogP contribution >= 0.6 is 27.3 Å². The molecule has 0 radical (unpaired) electrons. The first kappa shape index (κ1) is 23.5. The maximum absolute atomic E-state index is 11.8. The third kappa shape index (κ3) is 4.76. The Morgan fingerprint density at radius 2 is 2.03 bits per heavy atom. The van der Waals surface area contributed by atoms with Gasteiger partial charge in [0.25, 0.3) is 11.6 Å². The number of nitrogens with one attached hydrogen (secondary N) is 1. The molecule has 4 aromatic rings. The van der Waals surface area contributed by atoms with Crippen molar-refractivity contribution in [3.05, 3.63) is 91.0 Å². The number of phenols is 1. The van der Waals surface area contributed by atoms with Crippen molar-refractivity contribution >= 4 is 56.5 Å². The van der Waals surface area contributed by atoms with Gasteiger partial charge in [0, 0.05) is 27.0 Å². The summed E-state index contributed by atoms with van der Waals surface area (Å²) in [4.78, 5) is 27.7. The van der Waals surface area contributed by atoms with Gasteiger partial charge in [0.05, 0.1) is 22.5 Å². The van der Waals surface area contributed by atoms with Gasteiger partial charge in [-0.3, -0.25) is 14.9 Å². The number of nitro benzene ring substituents is 1. The molecule has 180 valence electrons. The Morgan fingerprint density at radius 3 is 2.86 bits per heavy atom. The van der Waals surface area contributed by atoms with E-state index in [1.54, 1.807) is 47.8 Å². The molecule has 0 saturated carbocycles. The van der Waals surface area contributed by atoms with Crippen molar-refractivity contribution in [1.29, 1.82) is 0 Å². The highest BCUT2D eigenvalue weighted by atomic mass is 79.9. The second-order valence-corrected chi connectivity index (χ2v) is 9.32. The van der Waals surface area contributed by atoms with Crippen molar-refractivity contribution in [2.45, 2.75) is 0 Å². The molecule has 2 N–H and O–H groups in total. The van der Waals surface area contributed by atoms with Gasteiger partial charge in [-0.15, -0.1) is 11.3 Å². The number of carbonyl (C=O) groups is 1. The molecule has 0 saturated heterocycles. The third-order valence-electron chi connectivity index (χ3n) is 5.19. The summed E-state index contributed by atoms with van der Waals surface area (Å²) in [5.41, 5.74) is 2.34. The monoisotopic (exact) mass is 565 g/mol. The van der Waals surface area contributed by atoms with Crippen molar-refractivity contribution in [3.8, 4) is 22.8 Å². The van der Waals surface area contributed by atoms with Crippen LogP contribution in [-0.2, 0) is 4.79 Å². The Morgan fingerprint density at radius 1 is 1.19 bits per heavy atom. The largest absolute Gasteiger partial charge is 0.507 e. The minimum Gasteiger partial charge on any atom is -0.507 e. The molecule has 1 amide bonds. The van der Waals surface area contributed by atoms with E-state index in [0.717, 1.165) is 4.47 Å². The lowest BCUT2D eigenvalue weighted by Gasteiger charge is -2.18. The number of anilines is 1. The standard InChI is InChI=1S/C24H16BrN5O5S/c25-16-6-7-21(31)15(9-16)11-26-29-20(14-5-8-22-18(10-14)27-23(32)12-35-22)13-36-24(29)28-17-3-1-2-4-19(17)30(33)34/h1-11,13,31H,12H2,(H,27,32). The molecule has 2 heterocycles. The lowest BCUT2D eigenvalue weighted by molar-refractivity contribution is -0.384. The average molecular weight is 566 g/mol. The lowest BCUT2D eigenvalue weighted by atomic mass is 10.1. The van der Waals surface area contributed by atoms with E-state index in [1.807, 2.05) is 6.07 Å². The van der Waals surface area contributed by atoms with Gasteiger partial charge < -0.3 is 15.2 Å². The molecule has 5 rings (SSSR count). The number of hydrogen-bond acceptors (Lipinski definition) is 8. The number of ether oxygens (including phenoxy) is 1. The molecule has 1 aliphatic rings. The third-order valence-corrected chi connectivity index (χ3v) is 6.50. The van der Waals surface area contributed by atoms with Crippen LogP contribution in [0.1, 0.15) is 5.56 Å². The SMILES string of the molecule is O=C1COc2ccc(-c3csc(=Nc4ccccc4[N+](=O)[O-])n3N=Cc3cc(Br)ccc3O)cc2N1. The number of para-hydroxylation sites is 2. The highest BCUT2D eigenvalue weighted by Crippen LogP contribution is 2.33. The molecule has 36 heavy (non-hydrogen) atoms. The maximum atomic E-state index is 11.8. The van der Waals surface area contributed by atoms with Crippen LogP contribution in [0.4, 0.5) is 17.1 Å². The molecule has 0 spiro atoms. The fourth-order valence-corrected chi connectivity index (χ4v) is 4.72. The number of amides is 1. The molecule has 0 atom stereocenters. The topological polar surface area (TPSA) is 131 Å². The molecule has 0 aliphatic carbocycles. The van der Waals surface area contributed by atoms with E-state index in [2.05, 4.69) is 31.3 Å². The van der Waals surface area contributed by atoms with Gasteiger partial charge in [-0.1, -0.05) is 28.1 Å². The first-order chi connectivity index (χ1) is 17.4. The molecular weight excluding hydrogens is 550 g/mol. The molecule has 3 aromatic carbocycles. The van der Waals surface area contributed by atoms with Gasteiger partial charge in [-0.25, -0.2) is 9.67 Å². The molecular formula is C24H16BrN5O5S. The van der Waals surface area contributed by atoms with Gasteiger partial charge in [0.2, 0.25) is 4.80 Å². The predicted molar refractivity (Wildman–Crippen MR) is 139 cm³/mol. The normalized spacial score (nSPS) is 13.4. The fraction of sp³-hybridized carbons (Fsp3) is 0.0417. The summed E-state index contributed by atoms with van der Waals surface area (Å²) in [5, 5.41) is 30.9. The van der Waals surface area contributed by atoms with E-state index in [1.165, 1.54) is 34.4 Å². The quantitative estimate of drug-likeness (QED) is 0.199. The minimum absolute atomic E-state index is 0.0326. The number of phenolic OH excluding ortho intramolecular Hbond substituents is 1. The summed E-state index contributed by atoms with van der Waals surface area (Å²) in [7, 11) is 0. The number of aromatic nitrogens is 1. The van der Waals surface area contributed by atoms with Crippen LogP contribution in [0.3, 0.4) is 0 Å². The number of hydrogen-bond donors (Lipinski definition) is 2. The number of benzene rings is 3. The van der Waals surface area contributed by atoms with Crippen LogP contribution in [0, 0.1) is 10.1 Å². The highest BCUT2D eigenvalue weighted by Gasteiger charge is 2.18. The zero-order valence-corrected chi connectivity index (χ0v) is 20.7. The zero-order chi connectivity index (χ0) is 25.2. The molecule has 0 fully saturated rings. The van der Waals surface area contributed by atoms with Crippen molar-refractivity contribution < 1.29 is 19.6 Å². The number of carbonyl (C=O) groups excluding carboxylic acids is 1. The maximum Gasteiger partial charge on any atom is 0.294 e. The number of halogens is 1. The summed E-state index contributed by atoms with van der Waals surface area (Å²) >= 11 is 4.62. The number of nitro groups is 1. The molecule has 12 heteroatoms. The van der Waals surface area contributed by atoms with E-state index in [-0.39, 0.29) is 29.6 Å². The van der Waals surface area contributed by atoms with Gasteiger partial charge in [0.15, 0.2) is 6.61 Å². The average Bonchev–Trinajstić information content (AvgIpc) is 3.26. The Hall–Kier alpha value is -4.29. The van der Waals surface area contributed by atoms with Crippen molar-refractivity contribution in [3.63, 3.8) is 0 Å². The highest BCUT2D eigenvalue weighted by molar-refractivity contribution is 9.10. The Kier molecular flexibility index (Phi) is 6.36. The lowest BCUT2D eigenvalue weighted by Crippen LogP contribution is -2.25. The second kappa shape index (κ2) is 9.76. The second-order valence-electron chi connectivity index (χ2n) is 7.57. The van der Waals surface area contributed by atoms with E-state index >= 15 is 0 Å². The van der Waals surface area contributed by atoms with Crippen LogP contribution in [-0.4, -0.2) is 33.4 Å². The summed E-state index contributed by atoms with van der Waals surface area (Å²) in [5.74, 6) is 0.325. The fourth-order valence-electron chi connectivity index (χ4n) is 3.49. The van der Waals surface area contributed by atoms with Crippen molar-refractivity contribution in [2.75, 3.05) is 11.9 Å². The Bertz CT molecular complexity index is 1610. The van der Waals surface area contributed by atoms with Gasteiger partial charge in [-0.05, 0) is 42.5 Å². The van der Waals surface area contributed by atoms with Crippen LogP contribution in [0.2, 0.25) is 0 Å². The summed E-state index contributed by atoms with van der Waals surface area (Å²) in [6.07, 6.45) is 1.47. The Balaban J connectivity index is 1.68. The Labute approximate surface area is 216 Å². The summed E-state index contributed by atoms with van der Waals surface area (Å²) in [6.45, 7) is -0.0515. The van der Waals surface area contributed by atoms with Crippen molar-refractivity contribution in [2.24, 2.45) is 10.1 Å². The minimum atomic E-state index is -0.493. The van der Waals surface area contributed by atoms with Gasteiger partial charge in [0.1, 0.15) is 17.2 Å². The first-order valence-corrected chi connectivity index (χ1v) is 12.1. The van der Waals surface area contributed by atoms with E-state index in [0.29, 0.717) is 33.1 Å². The molecule has 1 aromatic heterocycles. The zero-order valence-electron chi connectivity index (χ0n) is 18.3. The smallest absolute Gasteiger partial charge is 0.294 e. The number of rotatable bonds is 5. The number of nitrogens with zero attached hydrogens (tertiary/aromatic N) is 4. The van der Waals surface area contributed by atoms with Gasteiger partial charge in [-0.2, -0.15) is 5.10 Å². The number of aromatic hydroxyl groups is 1. The van der Waals surface area contributed by atoms with E-state index in [9.17, 15) is 20.0 Å². The van der Waals surface area contributed by atoms with E-state index in [4.69, 9.17) is 4.74 Å². The van der Waals surface area contributed by atoms with Crippen LogP contribution in [0.25, 0.3) is 11.3 Å². The molecule has 0 unspecified atom stereocenters. The molecule has 10 nitrogen and oxygen atoms in total. The predicted octanol–water partition coefficient (Wildman–Crippen LogP) is 5.04. The van der Waals surface area contributed by atoms with Crippen molar-refractivity contribution in [1.82, 2.24) is 4.68 Å². The van der Waals surface area contributed by atoms with E-state index < -0.39 is 4.92 Å². The summed E-state index contributed by atoms with van der Waals surface area (Å²) < 4.78 is 7.73. The van der Waals surface area contributed by atoms with Crippen LogP contribution in [0.15, 0.2) is 80.6 Å². The van der Waals surface area contributed by atoms with Crippen LogP contribution in [0.5, 0.6) is 11.5 Å². The molecule has 0 bridgehead atoms. The summed E-state index contributed by atoms with van der Waals surface area (Å²) in [6, 6.07) is 16.4. The number of fused-ring (bicyclic) bond motifs is 1. The first-order valence-electron chi connectivity index (χ1n) is 10.5. The van der Waals surface area contributed by atoms with Crippen LogP contribution < -0.4 is 14.9 Å². The number of thiazole rings is 1. The molecule has 1 aliphatic heterocycles. The van der Waals surface area contributed by atoms with Gasteiger partial charge >= 0.3 is 0 Å².